The van der Waals surface area contributed by atoms with Gasteiger partial charge in [-0.1, -0.05) is 19.3 Å². The molecular formula is C21H28N2O5. The van der Waals surface area contributed by atoms with E-state index in [4.69, 9.17) is 4.74 Å². The third-order valence-corrected chi connectivity index (χ3v) is 5.09. The summed E-state index contributed by atoms with van der Waals surface area (Å²) in [6.07, 6.45) is 5.63. The summed E-state index contributed by atoms with van der Waals surface area (Å²) >= 11 is 0. The van der Waals surface area contributed by atoms with Crippen LogP contribution in [0.2, 0.25) is 0 Å². The molecule has 0 aliphatic heterocycles. The minimum Gasteiger partial charge on any atom is -0.492 e. The molecule has 28 heavy (non-hydrogen) atoms. The van der Waals surface area contributed by atoms with Gasteiger partial charge in [0.15, 0.2) is 5.78 Å². The molecule has 1 atom stereocenters. The third kappa shape index (κ3) is 5.90. The van der Waals surface area contributed by atoms with Gasteiger partial charge in [-0.05, 0) is 51.0 Å². The van der Waals surface area contributed by atoms with Crippen LogP contribution in [0, 0.1) is 0 Å². The fourth-order valence-electron chi connectivity index (χ4n) is 3.40. The lowest BCUT2D eigenvalue weighted by atomic mass is 9.93. The van der Waals surface area contributed by atoms with Gasteiger partial charge in [0.1, 0.15) is 12.4 Å². The molecule has 0 bridgehead atoms. The Hall–Kier alpha value is -2.70. The highest BCUT2D eigenvalue weighted by Crippen LogP contribution is 2.23. The maximum atomic E-state index is 12.4. The number of benzene rings is 1. The van der Waals surface area contributed by atoms with E-state index in [9.17, 15) is 19.2 Å². The molecule has 1 aromatic rings. The normalized spacial score (nSPS) is 15.4. The average molecular weight is 388 g/mol. The van der Waals surface area contributed by atoms with E-state index < -0.39 is 17.7 Å². The molecule has 1 saturated carbocycles. The van der Waals surface area contributed by atoms with Gasteiger partial charge in [-0.15, -0.1) is 0 Å². The van der Waals surface area contributed by atoms with Crippen molar-refractivity contribution in [2.45, 2.75) is 58.0 Å². The van der Waals surface area contributed by atoms with Crippen LogP contribution in [0.25, 0.3) is 0 Å². The summed E-state index contributed by atoms with van der Waals surface area (Å²) in [5, 5.41) is 2.53. The molecule has 7 heteroatoms. The number of nitrogens with one attached hydrogen (secondary N) is 1. The van der Waals surface area contributed by atoms with E-state index in [1.807, 2.05) is 0 Å². The summed E-state index contributed by atoms with van der Waals surface area (Å²) in [6, 6.07) is 5.94. The average Bonchev–Trinajstić information content (AvgIpc) is 2.72. The highest BCUT2D eigenvalue weighted by atomic mass is 16.5. The first kappa shape index (κ1) is 21.6. The first-order valence-electron chi connectivity index (χ1n) is 9.72. The number of carbonyl (C=O) groups excluding carboxylic acids is 4. The van der Waals surface area contributed by atoms with E-state index in [-0.39, 0.29) is 25.0 Å². The van der Waals surface area contributed by atoms with Gasteiger partial charge in [-0.3, -0.25) is 19.2 Å². The van der Waals surface area contributed by atoms with E-state index in [0.29, 0.717) is 17.7 Å². The van der Waals surface area contributed by atoms with Crippen molar-refractivity contribution in [3.05, 3.63) is 29.8 Å². The van der Waals surface area contributed by atoms with Crippen LogP contribution in [-0.4, -0.2) is 54.0 Å². The first-order chi connectivity index (χ1) is 13.4. The van der Waals surface area contributed by atoms with Crippen molar-refractivity contribution in [3.63, 3.8) is 0 Å². The van der Waals surface area contributed by atoms with Crippen LogP contribution >= 0.6 is 0 Å². The second-order valence-corrected chi connectivity index (χ2v) is 7.07. The molecule has 0 heterocycles. The molecule has 1 N–H and O–H groups in total. The zero-order valence-corrected chi connectivity index (χ0v) is 16.5. The van der Waals surface area contributed by atoms with Crippen molar-refractivity contribution in [1.82, 2.24) is 10.2 Å². The van der Waals surface area contributed by atoms with Gasteiger partial charge in [0, 0.05) is 11.6 Å². The summed E-state index contributed by atoms with van der Waals surface area (Å²) in [7, 11) is 0. The van der Waals surface area contributed by atoms with E-state index in [0.717, 1.165) is 32.1 Å². The lowest BCUT2D eigenvalue weighted by Gasteiger charge is -2.34. The monoisotopic (exact) mass is 388 g/mol. The summed E-state index contributed by atoms with van der Waals surface area (Å²) in [4.78, 5) is 48.7. The van der Waals surface area contributed by atoms with Crippen molar-refractivity contribution >= 4 is 23.9 Å². The van der Waals surface area contributed by atoms with Gasteiger partial charge in [0.2, 0.25) is 12.2 Å². The molecule has 7 nitrogen and oxygen atoms in total. The number of Topliss-reactive ketones (excluding diaryl/α,β-unsaturated/α-hetero) is 2. The number of hydrogen-bond donors (Lipinski definition) is 1. The summed E-state index contributed by atoms with van der Waals surface area (Å²) in [5.41, 5.74) is 0.595. The molecular weight excluding hydrogens is 360 g/mol. The molecule has 0 aromatic heterocycles. The quantitative estimate of drug-likeness (QED) is 0.287. The second kappa shape index (κ2) is 10.6. The van der Waals surface area contributed by atoms with Crippen LogP contribution in [0.5, 0.6) is 5.75 Å². The Morgan fingerprint density at radius 3 is 2.39 bits per heavy atom. The molecule has 2 rings (SSSR count). The van der Waals surface area contributed by atoms with Crippen LogP contribution < -0.4 is 10.1 Å². The van der Waals surface area contributed by atoms with Crippen molar-refractivity contribution in [1.29, 1.82) is 0 Å². The molecule has 1 unspecified atom stereocenters. The number of nitrogens with zero attached hydrogens (tertiary/aromatic N) is 1. The van der Waals surface area contributed by atoms with E-state index in [2.05, 4.69) is 5.32 Å². The number of hydrogen-bond acceptors (Lipinski definition) is 5. The van der Waals surface area contributed by atoms with Crippen LogP contribution in [0.1, 0.15) is 56.3 Å². The number of amides is 2. The maximum absolute atomic E-state index is 12.4. The minimum absolute atomic E-state index is 0.0240. The van der Waals surface area contributed by atoms with Crippen molar-refractivity contribution in [2.75, 3.05) is 13.2 Å². The van der Waals surface area contributed by atoms with Crippen molar-refractivity contribution in [2.24, 2.45) is 0 Å². The largest absolute Gasteiger partial charge is 0.492 e. The van der Waals surface area contributed by atoms with Crippen molar-refractivity contribution in [3.8, 4) is 5.75 Å². The Kier molecular flexibility index (Phi) is 8.17. The van der Waals surface area contributed by atoms with Crippen molar-refractivity contribution < 1.29 is 23.9 Å². The topological polar surface area (TPSA) is 92.8 Å². The fraction of sp³-hybridized carbons (Fsp3) is 0.524. The van der Waals surface area contributed by atoms with E-state index >= 15 is 0 Å². The van der Waals surface area contributed by atoms with Crippen LogP contribution in [0.15, 0.2) is 24.3 Å². The zero-order valence-electron chi connectivity index (χ0n) is 16.5. The Morgan fingerprint density at radius 1 is 1.18 bits per heavy atom. The molecule has 0 saturated heterocycles. The molecule has 152 valence electrons. The Balaban J connectivity index is 1.77. The molecule has 1 aliphatic rings. The van der Waals surface area contributed by atoms with E-state index in [1.165, 1.54) is 11.8 Å². The predicted octanol–water partition coefficient (Wildman–Crippen LogP) is 2.13. The minimum atomic E-state index is -0.777. The third-order valence-electron chi connectivity index (χ3n) is 5.09. The Labute approximate surface area is 165 Å². The van der Waals surface area contributed by atoms with Gasteiger partial charge >= 0.3 is 0 Å². The predicted molar refractivity (Wildman–Crippen MR) is 104 cm³/mol. The highest BCUT2D eigenvalue weighted by Gasteiger charge is 2.31. The van der Waals surface area contributed by atoms with Gasteiger partial charge in [0.05, 0.1) is 12.6 Å². The first-order valence-corrected chi connectivity index (χ1v) is 9.72. The highest BCUT2D eigenvalue weighted by molar-refractivity contribution is 6.38. The molecule has 2 amide bonds. The summed E-state index contributed by atoms with van der Waals surface area (Å²) < 4.78 is 5.49. The summed E-state index contributed by atoms with van der Waals surface area (Å²) in [6.45, 7) is 3.44. The number of rotatable bonds is 10. The van der Waals surface area contributed by atoms with Crippen LogP contribution in [-0.2, 0) is 14.4 Å². The van der Waals surface area contributed by atoms with Crippen LogP contribution in [0.3, 0.4) is 0 Å². The van der Waals surface area contributed by atoms with E-state index in [1.54, 1.807) is 31.2 Å². The van der Waals surface area contributed by atoms with Gasteiger partial charge in [0.25, 0.3) is 5.91 Å². The fourth-order valence-corrected chi connectivity index (χ4v) is 3.40. The molecule has 0 radical (unpaired) electrons. The lowest BCUT2D eigenvalue weighted by molar-refractivity contribution is -0.143. The lowest BCUT2D eigenvalue weighted by Crippen LogP contribution is -2.50. The number of ether oxygens (including phenoxy) is 1. The molecule has 1 aromatic carbocycles. The number of ketones is 2. The van der Waals surface area contributed by atoms with Gasteiger partial charge in [-0.2, -0.15) is 0 Å². The summed E-state index contributed by atoms with van der Waals surface area (Å²) in [5.74, 6) is -0.790. The molecule has 1 fully saturated rings. The number of carbonyl (C=O) groups is 4. The SMILES string of the molecule is CC(=O)c1ccc(OCCNC(=O)C(=O)C(C)N(C=O)C2CCCCC2)cc1. The van der Waals surface area contributed by atoms with Gasteiger partial charge < -0.3 is 15.0 Å². The van der Waals surface area contributed by atoms with Gasteiger partial charge in [-0.25, -0.2) is 0 Å². The molecule has 0 spiro atoms. The maximum Gasteiger partial charge on any atom is 0.289 e. The Bertz CT molecular complexity index is 695. The standard InChI is InChI=1S/C21H28N2O5/c1-15(23(14-24)18-6-4-3-5-7-18)20(26)21(27)22-12-13-28-19-10-8-17(9-11-19)16(2)25/h8-11,14-15,18H,3-7,12-13H2,1-2H3,(H,22,27). The Morgan fingerprint density at radius 2 is 1.82 bits per heavy atom. The second-order valence-electron chi connectivity index (χ2n) is 7.07. The van der Waals surface area contributed by atoms with Crippen LogP contribution in [0.4, 0.5) is 0 Å². The zero-order chi connectivity index (χ0) is 20.5. The smallest absolute Gasteiger partial charge is 0.289 e. The molecule has 1 aliphatic carbocycles.